The summed E-state index contributed by atoms with van der Waals surface area (Å²) in [5.41, 5.74) is 0. The number of hydrogen-bond acceptors (Lipinski definition) is 4. The molecule has 0 aliphatic rings. The third-order valence-corrected chi connectivity index (χ3v) is 5.61. The smallest absolute Gasteiger partial charge is 0.243 e. The third-order valence-electron chi connectivity index (χ3n) is 3.69. The number of carbonyl (C=O) groups is 1. The van der Waals surface area contributed by atoms with Gasteiger partial charge in [0, 0.05) is 19.7 Å². The molecule has 2 aromatic carbocycles. The summed E-state index contributed by atoms with van der Waals surface area (Å²) in [6.07, 6.45) is 0.440. The second kappa shape index (κ2) is 8.23. The quantitative estimate of drug-likeness (QED) is 0.704. The van der Waals surface area contributed by atoms with Gasteiger partial charge in [-0.05, 0) is 29.3 Å². The Balaban J connectivity index is 2.20. The van der Waals surface area contributed by atoms with Crippen LogP contribution in [0.3, 0.4) is 0 Å². The van der Waals surface area contributed by atoms with Crippen LogP contribution in [0.5, 0.6) is 0 Å². The molecule has 0 fully saturated rings. The molecular weight excluding hydrogens is 328 g/mol. The van der Waals surface area contributed by atoms with Crippen molar-refractivity contribution >= 4 is 26.7 Å². The molecule has 2 aromatic rings. The Morgan fingerprint density at radius 1 is 1.17 bits per heavy atom. The molecule has 0 spiro atoms. The standard InChI is InChI=1S/C17H22N2O4S/c1-2-19(13-17(21)18-10-5-11-20)24(22,23)16-9-8-14-6-3-4-7-15(14)12-16/h3-4,6-9,12,20H,2,5,10-11,13H2,1H3,(H,18,21). The van der Waals surface area contributed by atoms with Gasteiger partial charge in [-0.25, -0.2) is 8.42 Å². The van der Waals surface area contributed by atoms with Crippen molar-refractivity contribution < 1.29 is 18.3 Å². The molecule has 0 saturated heterocycles. The van der Waals surface area contributed by atoms with Crippen molar-refractivity contribution in [3.63, 3.8) is 0 Å². The lowest BCUT2D eigenvalue weighted by atomic mass is 10.1. The fourth-order valence-electron chi connectivity index (χ4n) is 2.37. The van der Waals surface area contributed by atoms with Crippen LogP contribution in [0.2, 0.25) is 0 Å². The second-order valence-corrected chi connectivity index (χ2v) is 7.31. The van der Waals surface area contributed by atoms with Gasteiger partial charge in [-0.3, -0.25) is 4.79 Å². The van der Waals surface area contributed by atoms with Crippen molar-refractivity contribution in [2.45, 2.75) is 18.2 Å². The van der Waals surface area contributed by atoms with E-state index in [0.717, 1.165) is 15.1 Å². The van der Waals surface area contributed by atoms with E-state index in [1.165, 1.54) is 0 Å². The van der Waals surface area contributed by atoms with E-state index in [9.17, 15) is 13.2 Å². The lowest BCUT2D eigenvalue weighted by Gasteiger charge is -2.20. The minimum absolute atomic E-state index is 0.0207. The summed E-state index contributed by atoms with van der Waals surface area (Å²) in [5.74, 6) is -0.380. The first-order valence-electron chi connectivity index (χ1n) is 7.85. The monoisotopic (exact) mass is 350 g/mol. The molecular formula is C17H22N2O4S. The van der Waals surface area contributed by atoms with Crippen molar-refractivity contribution in [1.29, 1.82) is 0 Å². The molecule has 0 aliphatic carbocycles. The molecule has 6 nitrogen and oxygen atoms in total. The number of aliphatic hydroxyl groups excluding tert-OH is 1. The number of fused-ring (bicyclic) bond motifs is 1. The molecule has 2 rings (SSSR count). The van der Waals surface area contributed by atoms with E-state index in [1.54, 1.807) is 25.1 Å². The summed E-state index contributed by atoms with van der Waals surface area (Å²) >= 11 is 0. The zero-order chi connectivity index (χ0) is 17.6. The van der Waals surface area contributed by atoms with E-state index in [4.69, 9.17) is 5.11 Å². The topological polar surface area (TPSA) is 86.7 Å². The minimum atomic E-state index is -3.75. The molecule has 0 aliphatic heterocycles. The summed E-state index contributed by atoms with van der Waals surface area (Å²) in [7, 11) is -3.75. The molecule has 7 heteroatoms. The SMILES string of the molecule is CCN(CC(=O)NCCCO)S(=O)(=O)c1ccc2ccccc2c1. The van der Waals surface area contributed by atoms with Crippen LogP contribution in [0, 0.1) is 0 Å². The highest BCUT2D eigenvalue weighted by molar-refractivity contribution is 7.89. The highest BCUT2D eigenvalue weighted by Gasteiger charge is 2.25. The van der Waals surface area contributed by atoms with Gasteiger partial charge in [0.15, 0.2) is 0 Å². The molecule has 0 radical (unpaired) electrons. The van der Waals surface area contributed by atoms with Gasteiger partial charge in [-0.2, -0.15) is 4.31 Å². The van der Waals surface area contributed by atoms with Crippen LogP contribution in [0.25, 0.3) is 10.8 Å². The van der Waals surface area contributed by atoms with Gasteiger partial charge >= 0.3 is 0 Å². The van der Waals surface area contributed by atoms with Gasteiger partial charge in [0.1, 0.15) is 0 Å². The predicted molar refractivity (Wildman–Crippen MR) is 93.1 cm³/mol. The predicted octanol–water partition coefficient (Wildman–Crippen LogP) is 1.35. The van der Waals surface area contributed by atoms with Crippen molar-refractivity contribution in [1.82, 2.24) is 9.62 Å². The first-order chi connectivity index (χ1) is 11.5. The Morgan fingerprint density at radius 2 is 1.88 bits per heavy atom. The fourth-order valence-corrected chi connectivity index (χ4v) is 3.81. The van der Waals surface area contributed by atoms with Crippen LogP contribution in [0.4, 0.5) is 0 Å². The first kappa shape index (κ1) is 18.4. The number of sulfonamides is 1. The number of benzene rings is 2. The molecule has 0 atom stereocenters. The summed E-state index contributed by atoms with van der Waals surface area (Å²) in [6.45, 7) is 1.95. The average Bonchev–Trinajstić information content (AvgIpc) is 2.59. The number of nitrogens with zero attached hydrogens (tertiary/aromatic N) is 1. The zero-order valence-electron chi connectivity index (χ0n) is 13.6. The van der Waals surface area contributed by atoms with Gasteiger partial charge in [0.2, 0.25) is 15.9 Å². The number of rotatable bonds is 8. The molecule has 24 heavy (non-hydrogen) atoms. The number of amides is 1. The van der Waals surface area contributed by atoms with E-state index in [0.29, 0.717) is 13.0 Å². The Labute approximate surface area is 142 Å². The Hall–Kier alpha value is -1.96. The summed E-state index contributed by atoms with van der Waals surface area (Å²) in [6, 6.07) is 12.5. The normalized spacial score (nSPS) is 11.8. The maximum Gasteiger partial charge on any atom is 0.243 e. The van der Waals surface area contributed by atoms with Crippen molar-refractivity contribution in [2.75, 3.05) is 26.2 Å². The van der Waals surface area contributed by atoms with Gasteiger partial charge in [0.05, 0.1) is 11.4 Å². The molecule has 1 amide bonds. The molecule has 130 valence electrons. The van der Waals surface area contributed by atoms with Crippen molar-refractivity contribution in [3.05, 3.63) is 42.5 Å². The first-order valence-corrected chi connectivity index (χ1v) is 9.29. The Bertz CT molecular complexity index is 805. The molecule has 0 bridgehead atoms. The highest BCUT2D eigenvalue weighted by atomic mass is 32.2. The molecule has 2 N–H and O–H groups in total. The summed E-state index contributed by atoms with van der Waals surface area (Å²) in [5, 5.41) is 13.1. The third kappa shape index (κ3) is 4.31. The van der Waals surface area contributed by atoms with Crippen LogP contribution in [-0.2, 0) is 14.8 Å². The number of aliphatic hydroxyl groups is 1. The molecule has 0 saturated carbocycles. The average molecular weight is 350 g/mol. The van der Waals surface area contributed by atoms with E-state index in [1.807, 2.05) is 24.3 Å². The largest absolute Gasteiger partial charge is 0.396 e. The second-order valence-electron chi connectivity index (χ2n) is 5.37. The van der Waals surface area contributed by atoms with Crippen molar-refractivity contribution in [3.8, 4) is 0 Å². The van der Waals surface area contributed by atoms with E-state index in [-0.39, 0.29) is 30.5 Å². The molecule has 0 aromatic heterocycles. The van der Waals surface area contributed by atoms with Crippen LogP contribution < -0.4 is 5.32 Å². The molecule has 0 unspecified atom stereocenters. The van der Waals surface area contributed by atoms with Crippen LogP contribution in [-0.4, -0.2) is 50.0 Å². The Morgan fingerprint density at radius 3 is 2.54 bits per heavy atom. The fraction of sp³-hybridized carbons (Fsp3) is 0.353. The van der Waals surface area contributed by atoms with Gasteiger partial charge < -0.3 is 10.4 Å². The highest BCUT2D eigenvalue weighted by Crippen LogP contribution is 2.21. The summed E-state index contributed by atoms with van der Waals surface area (Å²) in [4.78, 5) is 12.1. The van der Waals surface area contributed by atoms with Crippen LogP contribution >= 0.6 is 0 Å². The van der Waals surface area contributed by atoms with Gasteiger partial charge in [0.25, 0.3) is 0 Å². The van der Waals surface area contributed by atoms with Crippen LogP contribution in [0.1, 0.15) is 13.3 Å². The minimum Gasteiger partial charge on any atom is -0.396 e. The number of likely N-dealkylation sites (N-methyl/N-ethyl adjacent to an activating group) is 1. The zero-order valence-corrected chi connectivity index (χ0v) is 14.4. The van der Waals surface area contributed by atoms with E-state index in [2.05, 4.69) is 5.32 Å². The maximum atomic E-state index is 12.8. The lowest BCUT2D eigenvalue weighted by molar-refractivity contribution is -0.121. The molecule has 0 heterocycles. The number of carbonyl (C=O) groups excluding carboxylic acids is 1. The van der Waals surface area contributed by atoms with Crippen LogP contribution in [0.15, 0.2) is 47.4 Å². The Kier molecular flexibility index (Phi) is 6.30. The maximum absolute atomic E-state index is 12.8. The van der Waals surface area contributed by atoms with Gasteiger partial charge in [-0.1, -0.05) is 37.3 Å². The van der Waals surface area contributed by atoms with Crippen molar-refractivity contribution in [2.24, 2.45) is 0 Å². The van der Waals surface area contributed by atoms with Gasteiger partial charge in [-0.15, -0.1) is 0 Å². The van der Waals surface area contributed by atoms with E-state index < -0.39 is 10.0 Å². The summed E-state index contributed by atoms with van der Waals surface area (Å²) < 4.78 is 26.7. The van der Waals surface area contributed by atoms with E-state index >= 15 is 0 Å². The number of nitrogens with one attached hydrogen (secondary N) is 1. The number of hydrogen-bond donors (Lipinski definition) is 2. The lowest BCUT2D eigenvalue weighted by Crippen LogP contribution is -2.40.